The van der Waals surface area contributed by atoms with Gasteiger partial charge in [-0.25, -0.2) is 4.79 Å². The first-order chi connectivity index (χ1) is 36.4. The number of ether oxygens (including phenoxy) is 8. The Morgan fingerprint density at radius 1 is 0.632 bits per heavy atom. The van der Waals surface area contributed by atoms with Gasteiger partial charge in [-0.2, -0.15) is 0 Å². The average molecular weight is 1100 g/mol. The standard InChI is InChI=1S/C53H45Cl2N3O17S/c1-26(59)68-25-42-47(69-27(2)60)48(70-28(3)61)49(71-29(4)62)52(74-42)73-40-19-38-45(36-11-7-5-9-34(36)40)30(21-54)23-56(38)50(63)43-17-18-44(76-43)51(64)57-24-31(22-55)46-37-12-8-6-10-35(37)41(20-39(46)57)75-53(65)72-33-15-13-32(14-16-33)58(66)67/h5-20,30-31,42,47-49,52H,21-25H2,1-4H3/t30-,31-,42-,47+,48+,49-,52?/m1/s1. The van der Waals surface area contributed by atoms with E-state index in [0.717, 1.165) is 50.2 Å². The van der Waals surface area contributed by atoms with Gasteiger partial charge in [-0.15, -0.1) is 34.5 Å². The molecule has 0 aliphatic carbocycles. The number of nitro groups is 1. The van der Waals surface area contributed by atoms with Crippen LogP contribution in [0.15, 0.2) is 97.1 Å². The Morgan fingerprint density at radius 2 is 1.12 bits per heavy atom. The van der Waals surface area contributed by atoms with Gasteiger partial charge in [0.15, 0.2) is 12.2 Å². The van der Waals surface area contributed by atoms with Gasteiger partial charge in [0.1, 0.15) is 30.0 Å². The molecule has 2 amide bonds. The number of carbonyl (C=O) groups is 7. The highest BCUT2D eigenvalue weighted by Gasteiger charge is 2.54. The normalized spacial score (nSPS) is 20.5. The Bertz CT molecular complexity index is 3330. The molecule has 394 valence electrons. The van der Waals surface area contributed by atoms with Gasteiger partial charge in [0.25, 0.3) is 17.5 Å². The van der Waals surface area contributed by atoms with E-state index in [1.54, 1.807) is 60.7 Å². The van der Waals surface area contributed by atoms with E-state index < -0.39 is 84.1 Å². The van der Waals surface area contributed by atoms with E-state index in [9.17, 15) is 43.7 Å². The fourth-order valence-electron chi connectivity index (χ4n) is 9.73. The van der Waals surface area contributed by atoms with Gasteiger partial charge >= 0.3 is 30.0 Å². The van der Waals surface area contributed by atoms with Crippen LogP contribution in [0.4, 0.5) is 21.9 Å². The van der Waals surface area contributed by atoms with Crippen molar-refractivity contribution in [2.45, 2.75) is 70.2 Å². The lowest BCUT2D eigenvalue weighted by Crippen LogP contribution is -2.63. The second kappa shape index (κ2) is 22.2. The van der Waals surface area contributed by atoms with Gasteiger partial charge < -0.3 is 47.7 Å². The summed E-state index contributed by atoms with van der Waals surface area (Å²) in [5, 5.41) is 13.5. The number of thiophene rings is 1. The van der Waals surface area contributed by atoms with Gasteiger partial charge in [-0.1, -0.05) is 48.5 Å². The summed E-state index contributed by atoms with van der Waals surface area (Å²) < 4.78 is 46.0. The van der Waals surface area contributed by atoms with Crippen molar-refractivity contribution in [3.8, 4) is 17.2 Å². The molecule has 0 spiro atoms. The van der Waals surface area contributed by atoms with Crippen molar-refractivity contribution in [3.63, 3.8) is 0 Å². The third-order valence-electron chi connectivity index (χ3n) is 12.8. The first-order valence-corrected chi connectivity index (χ1v) is 25.4. The number of fused-ring (bicyclic) bond motifs is 6. The van der Waals surface area contributed by atoms with Crippen LogP contribution in [0.1, 0.15) is 70.0 Å². The number of carbonyl (C=O) groups excluding carboxylic acids is 7. The number of alkyl halides is 2. The quantitative estimate of drug-likeness (QED) is 0.0247. The van der Waals surface area contributed by atoms with E-state index in [1.807, 2.05) is 12.1 Å². The molecule has 3 aliphatic heterocycles. The van der Waals surface area contributed by atoms with Crippen LogP contribution in [-0.4, -0.2) is 109 Å². The molecule has 1 saturated heterocycles. The van der Waals surface area contributed by atoms with Crippen molar-refractivity contribution < 1.29 is 76.4 Å². The second-order valence-electron chi connectivity index (χ2n) is 17.8. The zero-order valence-electron chi connectivity index (χ0n) is 40.8. The molecule has 3 aliphatic rings. The summed E-state index contributed by atoms with van der Waals surface area (Å²) in [5.74, 6) is -4.33. The Labute approximate surface area is 446 Å². The third-order valence-corrected chi connectivity index (χ3v) is 14.6. The highest BCUT2D eigenvalue weighted by Crippen LogP contribution is 2.49. The van der Waals surface area contributed by atoms with Crippen LogP contribution in [-0.2, 0) is 42.9 Å². The third kappa shape index (κ3) is 10.7. The number of anilines is 2. The minimum Gasteiger partial charge on any atom is -0.463 e. The lowest BCUT2D eigenvalue weighted by Gasteiger charge is -2.44. The molecular weight excluding hydrogens is 1050 g/mol. The molecular formula is C53H45Cl2N3O17S. The maximum absolute atomic E-state index is 14.9. The number of amides is 2. The highest BCUT2D eigenvalue weighted by atomic mass is 35.5. The van der Waals surface area contributed by atoms with Crippen molar-refractivity contribution in [3.05, 3.63) is 128 Å². The fourth-order valence-corrected chi connectivity index (χ4v) is 11.1. The molecule has 23 heteroatoms. The summed E-state index contributed by atoms with van der Waals surface area (Å²) in [7, 11) is 0. The molecule has 7 atom stereocenters. The van der Waals surface area contributed by atoms with E-state index in [0.29, 0.717) is 32.9 Å². The first-order valence-electron chi connectivity index (χ1n) is 23.5. The molecule has 1 fully saturated rings. The van der Waals surface area contributed by atoms with Gasteiger partial charge in [0.2, 0.25) is 12.4 Å². The van der Waals surface area contributed by atoms with E-state index in [2.05, 4.69) is 0 Å². The minimum absolute atomic E-state index is 0.00375. The van der Waals surface area contributed by atoms with Crippen LogP contribution < -0.4 is 24.0 Å². The Hall–Kier alpha value is -7.85. The van der Waals surface area contributed by atoms with Crippen LogP contribution in [0.3, 0.4) is 0 Å². The molecule has 0 N–H and O–H groups in total. The predicted octanol–water partition coefficient (Wildman–Crippen LogP) is 8.97. The molecule has 9 rings (SSSR count). The van der Waals surface area contributed by atoms with Gasteiger partial charge in [-0.3, -0.25) is 38.9 Å². The molecule has 76 heavy (non-hydrogen) atoms. The summed E-state index contributed by atoms with van der Waals surface area (Å²) in [6.07, 6.45) is -8.50. The van der Waals surface area contributed by atoms with Gasteiger partial charge in [-0.05, 0) is 46.2 Å². The topological polar surface area (TPSA) is 243 Å². The zero-order valence-corrected chi connectivity index (χ0v) is 43.1. The molecule has 0 radical (unpaired) electrons. The summed E-state index contributed by atoms with van der Waals surface area (Å²) >= 11 is 14.2. The average Bonchev–Trinajstić information content (AvgIpc) is 4.17. The molecule has 4 heterocycles. The summed E-state index contributed by atoms with van der Waals surface area (Å²) in [5.41, 5.74) is 2.10. The molecule has 20 nitrogen and oxygen atoms in total. The van der Waals surface area contributed by atoms with Gasteiger partial charge in [0, 0.05) is 99.4 Å². The number of esters is 4. The Morgan fingerprint density at radius 3 is 1.62 bits per heavy atom. The SMILES string of the molecule is CC(=O)OC[C@H]1OC(Oc2cc3c(c4ccccc24)[C@H](CCl)CN3C(=O)c2ccc(C(=O)N3C[C@@H](CCl)c4c3cc(OC(=O)Oc3ccc([N+](=O)[O-])cc3)c3ccccc43)s2)[C@H](OC(C)=O)[C@@H](OC(C)=O)[C@H]1OC(C)=O. The van der Waals surface area contributed by atoms with Crippen LogP contribution in [0.2, 0.25) is 0 Å². The number of rotatable bonds is 14. The number of nitro benzene ring substituents is 1. The fraction of sp³-hybridized carbons (Fsp3) is 0.302. The van der Waals surface area contributed by atoms with Crippen molar-refractivity contribution >= 4 is 115 Å². The lowest BCUT2D eigenvalue weighted by atomic mass is 9.95. The van der Waals surface area contributed by atoms with Crippen molar-refractivity contribution in [2.24, 2.45) is 0 Å². The van der Waals surface area contributed by atoms with Gasteiger partial charge in [0.05, 0.1) is 26.1 Å². The van der Waals surface area contributed by atoms with E-state index in [1.165, 1.54) is 34.1 Å². The Kier molecular flexibility index (Phi) is 15.5. The number of nitrogens with zero attached hydrogens (tertiary/aromatic N) is 3. The van der Waals surface area contributed by atoms with Crippen LogP contribution >= 0.6 is 34.5 Å². The minimum atomic E-state index is -1.59. The number of hydrogen-bond acceptors (Lipinski definition) is 18. The lowest BCUT2D eigenvalue weighted by molar-refractivity contribution is -0.384. The first kappa shape index (κ1) is 53.0. The highest BCUT2D eigenvalue weighted by molar-refractivity contribution is 7.16. The largest absolute Gasteiger partial charge is 0.519 e. The number of hydrogen-bond donors (Lipinski definition) is 0. The molecule has 1 aromatic heterocycles. The molecule has 1 unspecified atom stereocenters. The number of benzene rings is 5. The molecule has 5 aromatic carbocycles. The maximum Gasteiger partial charge on any atom is 0.519 e. The predicted molar refractivity (Wildman–Crippen MR) is 275 cm³/mol. The van der Waals surface area contributed by atoms with Crippen LogP contribution in [0.25, 0.3) is 21.5 Å². The Balaban J connectivity index is 1.03. The molecule has 6 aromatic rings. The molecule has 0 bridgehead atoms. The maximum atomic E-state index is 14.9. The number of non-ortho nitro benzene ring substituents is 1. The van der Waals surface area contributed by atoms with Crippen molar-refractivity contribution in [2.75, 3.05) is 41.3 Å². The van der Waals surface area contributed by atoms with E-state index in [-0.39, 0.29) is 69.4 Å². The monoisotopic (exact) mass is 1100 g/mol. The van der Waals surface area contributed by atoms with Crippen LogP contribution in [0.5, 0.6) is 17.2 Å². The van der Waals surface area contributed by atoms with Crippen LogP contribution in [0, 0.1) is 10.1 Å². The van der Waals surface area contributed by atoms with Crippen molar-refractivity contribution in [1.29, 1.82) is 0 Å². The smallest absolute Gasteiger partial charge is 0.463 e. The summed E-state index contributed by atoms with van der Waals surface area (Å²) in [4.78, 5) is 106. The van der Waals surface area contributed by atoms with Crippen molar-refractivity contribution in [1.82, 2.24) is 0 Å². The van der Waals surface area contributed by atoms with E-state index >= 15 is 0 Å². The second-order valence-corrected chi connectivity index (χ2v) is 19.5. The molecule has 0 saturated carbocycles. The van der Waals surface area contributed by atoms with E-state index in [4.69, 9.17) is 61.1 Å². The summed E-state index contributed by atoms with van der Waals surface area (Å²) in [6, 6.07) is 25.4. The number of halogens is 2. The summed E-state index contributed by atoms with van der Waals surface area (Å²) in [6.45, 7) is 4.29. The zero-order chi connectivity index (χ0) is 54.1.